The molecule has 0 aliphatic heterocycles. The van der Waals surface area contributed by atoms with E-state index in [-0.39, 0.29) is 17.1 Å². The standard InChI is InChI=1S/C11H10FN3O/c12-8-3-1-7(2-4-8)5-10-14-6-9(13)11(16)15-10/h1-4,6H,5,13H2,(H,14,15,16). The van der Waals surface area contributed by atoms with Gasteiger partial charge < -0.3 is 10.7 Å². The molecule has 0 saturated heterocycles. The topological polar surface area (TPSA) is 71.8 Å². The molecule has 82 valence electrons. The predicted molar refractivity (Wildman–Crippen MR) is 58.5 cm³/mol. The number of nitrogens with zero attached hydrogens (tertiary/aromatic N) is 1. The highest BCUT2D eigenvalue weighted by molar-refractivity contribution is 5.31. The van der Waals surface area contributed by atoms with Crippen molar-refractivity contribution in [1.82, 2.24) is 9.97 Å². The van der Waals surface area contributed by atoms with Crippen molar-refractivity contribution in [2.45, 2.75) is 6.42 Å². The molecule has 1 aromatic carbocycles. The van der Waals surface area contributed by atoms with Crippen molar-refractivity contribution in [2.24, 2.45) is 0 Å². The van der Waals surface area contributed by atoms with Crippen LogP contribution >= 0.6 is 0 Å². The Bertz CT molecular complexity index is 548. The fourth-order valence-corrected chi connectivity index (χ4v) is 1.33. The zero-order valence-corrected chi connectivity index (χ0v) is 8.40. The molecule has 0 aliphatic rings. The molecule has 0 amide bonds. The van der Waals surface area contributed by atoms with Gasteiger partial charge in [0.15, 0.2) is 0 Å². The summed E-state index contributed by atoms with van der Waals surface area (Å²) in [6.07, 6.45) is 1.76. The van der Waals surface area contributed by atoms with Gasteiger partial charge >= 0.3 is 0 Å². The van der Waals surface area contributed by atoms with Crippen LogP contribution in [0.5, 0.6) is 0 Å². The normalized spacial score (nSPS) is 10.3. The molecule has 0 fully saturated rings. The quantitative estimate of drug-likeness (QED) is 0.793. The van der Waals surface area contributed by atoms with Gasteiger partial charge in [0, 0.05) is 6.42 Å². The Morgan fingerprint density at radius 2 is 2.00 bits per heavy atom. The SMILES string of the molecule is Nc1cnc(Cc2ccc(F)cc2)[nH]c1=O. The lowest BCUT2D eigenvalue weighted by Crippen LogP contribution is -2.15. The molecule has 0 aliphatic carbocycles. The molecule has 3 N–H and O–H groups in total. The van der Waals surface area contributed by atoms with E-state index in [0.717, 1.165) is 5.56 Å². The average molecular weight is 219 g/mol. The van der Waals surface area contributed by atoms with Crippen molar-refractivity contribution >= 4 is 5.69 Å². The molecule has 0 saturated carbocycles. The smallest absolute Gasteiger partial charge is 0.274 e. The summed E-state index contributed by atoms with van der Waals surface area (Å²) in [4.78, 5) is 17.7. The van der Waals surface area contributed by atoms with Crippen molar-refractivity contribution in [2.75, 3.05) is 5.73 Å². The largest absolute Gasteiger partial charge is 0.393 e. The molecule has 1 aromatic heterocycles. The van der Waals surface area contributed by atoms with Crippen LogP contribution in [0, 0.1) is 5.82 Å². The minimum absolute atomic E-state index is 0.0860. The van der Waals surface area contributed by atoms with Crippen LogP contribution < -0.4 is 11.3 Å². The van der Waals surface area contributed by atoms with Crippen LogP contribution in [0.4, 0.5) is 10.1 Å². The van der Waals surface area contributed by atoms with Crippen LogP contribution in [0.2, 0.25) is 0 Å². The Balaban J connectivity index is 2.24. The summed E-state index contributed by atoms with van der Waals surface area (Å²) >= 11 is 0. The van der Waals surface area contributed by atoms with E-state index in [2.05, 4.69) is 9.97 Å². The zero-order chi connectivity index (χ0) is 11.5. The number of nitrogen functional groups attached to an aromatic ring is 1. The summed E-state index contributed by atoms with van der Waals surface area (Å²) in [6.45, 7) is 0. The number of nitrogens with two attached hydrogens (primary N) is 1. The van der Waals surface area contributed by atoms with Crippen LogP contribution in [0.1, 0.15) is 11.4 Å². The first-order chi connectivity index (χ1) is 7.65. The number of halogens is 1. The second-order valence-corrected chi connectivity index (χ2v) is 3.42. The van der Waals surface area contributed by atoms with E-state index in [4.69, 9.17) is 5.73 Å². The fraction of sp³-hybridized carbons (Fsp3) is 0.0909. The van der Waals surface area contributed by atoms with Gasteiger partial charge in [-0.15, -0.1) is 0 Å². The molecule has 0 bridgehead atoms. The third-order valence-corrected chi connectivity index (χ3v) is 2.16. The van der Waals surface area contributed by atoms with Gasteiger partial charge in [-0.1, -0.05) is 12.1 Å². The summed E-state index contributed by atoms with van der Waals surface area (Å²) in [5.74, 6) is 0.216. The van der Waals surface area contributed by atoms with Crippen LogP contribution in [0.15, 0.2) is 35.3 Å². The summed E-state index contributed by atoms with van der Waals surface area (Å²) in [7, 11) is 0. The van der Waals surface area contributed by atoms with Crippen molar-refractivity contribution in [1.29, 1.82) is 0 Å². The maximum absolute atomic E-state index is 12.7. The van der Waals surface area contributed by atoms with Gasteiger partial charge in [-0.3, -0.25) is 4.79 Å². The lowest BCUT2D eigenvalue weighted by atomic mass is 10.1. The Morgan fingerprint density at radius 3 is 2.62 bits per heavy atom. The first-order valence-electron chi connectivity index (χ1n) is 4.73. The lowest BCUT2D eigenvalue weighted by molar-refractivity contribution is 0.627. The number of hydrogen-bond acceptors (Lipinski definition) is 3. The van der Waals surface area contributed by atoms with E-state index < -0.39 is 0 Å². The van der Waals surface area contributed by atoms with Crippen molar-refractivity contribution in [3.05, 3.63) is 58.0 Å². The van der Waals surface area contributed by atoms with Crippen LogP contribution in [-0.2, 0) is 6.42 Å². The molecular weight excluding hydrogens is 209 g/mol. The highest BCUT2D eigenvalue weighted by Gasteiger charge is 2.01. The van der Waals surface area contributed by atoms with E-state index >= 15 is 0 Å². The molecule has 16 heavy (non-hydrogen) atoms. The highest BCUT2D eigenvalue weighted by Crippen LogP contribution is 2.06. The van der Waals surface area contributed by atoms with Crippen molar-refractivity contribution in [3.63, 3.8) is 0 Å². The number of anilines is 1. The number of hydrogen-bond donors (Lipinski definition) is 2. The van der Waals surface area contributed by atoms with E-state index in [1.54, 1.807) is 12.1 Å². The zero-order valence-electron chi connectivity index (χ0n) is 8.40. The highest BCUT2D eigenvalue weighted by atomic mass is 19.1. The first kappa shape index (κ1) is 10.4. The summed E-state index contributed by atoms with van der Waals surface area (Å²) < 4.78 is 12.7. The molecule has 0 spiro atoms. The van der Waals surface area contributed by atoms with Crippen LogP contribution in [-0.4, -0.2) is 9.97 Å². The van der Waals surface area contributed by atoms with E-state index in [1.165, 1.54) is 18.3 Å². The Labute approximate surface area is 91.0 Å². The minimum atomic E-state index is -0.355. The summed E-state index contributed by atoms with van der Waals surface area (Å²) in [5, 5.41) is 0. The molecule has 5 heteroatoms. The van der Waals surface area contributed by atoms with E-state index in [9.17, 15) is 9.18 Å². The summed E-state index contributed by atoms with van der Waals surface area (Å²) in [6, 6.07) is 6.02. The number of aromatic amines is 1. The van der Waals surface area contributed by atoms with Gasteiger partial charge in [-0.05, 0) is 17.7 Å². The Kier molecular flexibility index (Phi) is 2.68. The maximum Gasteiger partial charge on any atom is 0.274 e. The van der Waals surface area contributed by atoms with Crippen molar-refractivity contribution in [3.8, 4) is 0 Å². The molecule has 2 rings (SSSR count). The van der Waals surface area contributed by atoms with Gasteiger partial charge in [-0.25, -0.2) is 9.37 Å². The molecular formula is C11H10FN3O. The first-order valence-corrected chi connectivity index (χ1v) is 4.73. The van der Waals surface area contributed by atoms with E-state index in [0.29, 0.717) is 12.2 Å². The third-order valence-electron chi connectivity index (χ3n) is 2.16. The van der Waals surface area contributed by atoms with Crippen molar-refractivity contribution < 1.29 is 4.39 Å². The Morgan fingerprint density at radius 1 is 1.31 bits per heavy atom. The van der Waals surface area contributed by atoms with Gasteiger partial charge in [0.1, 0.15) is 17.3 Å². The minimum Gasteiger partial charge on any atom is -0.393 e. The van der Waals surface area contributed by atoms with Gasteiger partial charge in [0.25, 0.3) is 5.56 Å². The van der Waals surface area contributed by atoms with Gasteiger partial charge in [0.2, 0.25) is 0 Å². The number of rotatable bonds is 2. The molecule has 0 atom stereocenters. The van der Waals surface area contributed by atoms with Gasteiger partial charge in [0.05, 0.1) is 6.20 Å². The average Bonchev–Trinajstić information content (AvgIpc) is 2.27. The molecule has 0 radical (unpaired) electrons. The maximum atomic E-state index is 12.7. The predicted octanol–water partition coefficient (Wildman–Crippen LogP) is 1.08. The van der Waals surface area contributed by atoms with Crippen LogP contribution in [0.25, 0.3) is 0 Å². The monoisotopic (exact) mass is 219 g/mol. The Hall–Kier alpha value is -2.17. The second-order valence-electron chi connectivity index (χ2n) is 3.42. The second kappa shape index (κ2) is 4.14. The van der Waals surface area contributed by atoms with Crippen LogP contribution in [0.3, 0.4) is 0 Å². The molecule has 0 unspecified atom stereocenters. The third kappa shape index (κ3) is 2.25. The van der Waals surface area contributed by atoms with E-state index in [1.807, 2.05) is 0 Å². The summed E-state index contributed by atoms with van der Waals surface area (Å²) in [5.41, 5.74) is 5.95. The fourth-order valence-electron chi connectivity index (χ4n) is 1.33. The lowest BCUT2D eigenvalue weighted by Gasteiger charge is -2.01. The number of nitrogens with one attached hydrogen (secondary N) is 1. The van der Waals surface area contributed by atoms with Gasteiger partial charge in [-0.2, -0.15) is 0 Å². The number of benzene rings is 1. The number of H-pyrrole nitrogens is 1. The molecule has 2 aromatic rings. The molecule has 4 nitrogen and oxygen atoms in total. The number of aromatic nitrogens is 2. The molecule has 1 heterocycles.